The van der Waals surface area contributed by atoms with E-state index in [2.05, 4.69) is 9.97 Å². The van der Waals surface area contributed by atoms with Crippen LogP contribution in [0.1, 0.15) is 32.9 Å². The molecule has 0 amide bonds. The Hall–Kier alpha value is -2.24. The average Bonchev–Trinajstić information content (AvgIpc) is 2.35. The summed E-state index contributed by atoms with van der Waals surface area (Å²) in [5.74, 6) is -0.709. The molecule has 0 fully saturated rings. The van der Waals surface area contributed by atoms with Gasteiger partial charge in [-0.2, -0.15) is 13.2 Å². The molecule has 3 nitrogen and oxygen atoms in total. The first kappa shape index (κ1) is 14.2. The van der Waals surface area contributed by atoms with Crippen LogP contribution in [-0.2, 0) is 6.18 Å². The van der Waals surface area contributed by atoms with Crippen molar-refractivity contribution in [2.24, 2.45) is 0 Å². The molecule has 0 bridgehead atoms. The Morgan fingerprint density at radius 2 is 1.75 bits per heavy atom. The zero-order chi connectivity index (χ0) is 14.9. The summed E-state index contributed by atoms with van der Waals surface area (Å²) in [6.45, 7) is 3.36. The Balaban J connectivity index is 2.54. The minimum atomic E-state index is -4.59. The number of aryl methyl sites for hydroxylation is 2. The van der Waals surface area contributed by atoms with Crippen LogP contribution in [0.25, 0.3) is 0 Å². The molecule has 0 radical (unpaired) electrons. The van der Waals surface area contributed by atoms with Crippen molar-refractivity contribution in [3.05, 3.63) is 58.7 Å². The maximum absolute atomic E-state index is 12.9. The smallest absolute Gasteiger partial charge is 0.289 e. The summed E-state index contributed by atoms with van der Waals surface area (Å²) in [5, 5.41) is 0. The topological polar surface area (TPSA) is 42.9 Å². The lowest BCUT2D eigenvalue weighted by atomic mass is 10.00. The second-order valence-corrected chi connectivity index (χ2v) is 4.39. The number of rotatable bonds is 2. The Morgan fingerprint density at radius 3 is 2.30 bits per heavy atom. The van der Waals surface area contributed by atoms with Gasteiger partial charge < -0.3 is 0 Å². The van der Waals surface area contributed by atoms with Gasteiger partial charge in [0.05, 0.1) is 11.1 Å². The van der Waals surface area contributed by atoms with Crippen LogP contribution in [0.2, 0.25) is 0 Å². The minimum Gasteiger partial charge on any atom is -0.289 e. The molecule has 0 saturated heterocycles. The van der Waals surface area contributed by atoms with E-state index in [-0.39, 0.29) is 5.56 Å². The molecule has 0 aliphatic rings. The van der Waals surface area contributed by atoms with Gasteiger partial charge in [-0.3, -0.25) is 14.8 Å². The molecule has 0 spiro atoms. The van der Waals surface area contributed by atoms with Crippen LogP contribution in [0, 0.1) is 13.8 Å². The standard InChI is InChI=1S/C14H11F3N2O/c1-8-5-10(6-9(2)19-8)13(20)11-7-18-4-3-12(11)14(15,16)17/h3-7H,1-2H3. The Morgan fingerprint density at radius 1 is 1.15 bits per heavy atom. The molecule has 104 valence electrons. The molecular weight excluding hydrogens is 269 g/mol. The van der Waals surface area contributed by atoms with Crippen LogP contribution in [0.3, 0.4) is 0 Å². The fourth-order valence-electron chi connectivity index (χ4n) is 1.94. The molecule has 2 aromatic heterocycles. The molecule has 2 rings (SSSR count). The van der Waals surface area contributed by atoms with Crippen molar-refractivity contribution in [2.45, 2.75) is 20.0 Å². The Kier molecular flexibility index (Phi) is 3.57. The summed E-state index contributed by atoms with van der Waals surface area (Å²) in [4.78, 5) is 20.0. The predicted molar refractivity (Wildman–Crippen MR) is 66.4 cm³/mol. The normalized spacial score (nSPS) is 11.4. The van der Waals surface area contributed by atoms with E-state index in [1.54, 1.807) is 13.8 Å². The highest BCUT2D eigenvalue weighted by Gasteiger charge is 2.35. The molecule has 0 saturated carbocycles. The van der Waals surface area contributed by atoms with Crippen molar-refractivity contribution in [3.8, 4) is 0 Å². The maximum atomic E-state index is 12.9. The fraction of sp³-hybridized carbons (Fsp3) is 0.214. The first-order valence-corrected chi connectivity index (χ1v) is 5.80. The van der Waals surface area contributed by atoms with Crippen LogP contribution in [0.5, 0.6) is 0 Å². The van der Waals surface area contributed by atoms with Gasteiger partial charge in [0.2, 0.25) is 0 Å². The zero-order valence-electron chi connectivity index (χ0n) is 10.8. The largest absolute Gasteiger partial charge is 0.417 e. The number of halogens is 3. The van der Waals surface area contributed by atoms with Crippen molar-refractivity contribution in [1.29, 1.82) is 0 Å². The Bertz CT molecular complexity index is 645. The van der Waals surface area contributed by atoms with Gasteiger partial charge >= 0.3 is 6.18 Å². The summed E-state index contributed by atoms with van der Waals surface area (Å²) in [6.07, 6.45) is -2.63. The van der Waals surface area contributed by atoms with Crippen LogP contribution in [-0.4, -0.2) is 15.8 Å². The van der Waals surface area contributed by atoms with E-state index in [0.717, 1.165) is 18.5 Å². The summed E-state index contributed by atoms with van der Waals surface area (Å²) in [5.41, 5.74) is -0.111. The molecule has 0 aliphatic heterocycles. The van der Waals surface area contributed by atoms with E-state index in [1.807, 2.05) is 0 Å². The Labute approximate surface area is 113 Å². The molecule has 0 aliphatic carbocycles. The zero-order valence-corrected chi connectivity index (χ0v) is 10.8. The third kappa shape index (κ3) is 2.84. The van der Waals surface area contributed by atoms with Gasteiger partial charge in [0.25, 0.3) is 0 Å². The van der Waals surface area contributed by atoms with Gasteiger partial charge in [0, 0.05) is 29.3 Å². The van der Waals surface area contributed by atoms with Crippen molar-refractivity contribution < 1.29 is 18.0 Å². The number of nitrogens with zero attached hydrogens (tertiary/aromatic N) is 2. The lowest BCUT2D eigenvalue weighted by molar-refractivity contribution is -0.137. The van der Waals surface area contributed by atoms with Crippen molar-refractivity contribution >= 4 is 5.78 Å². The third-order valence-corrected chi connectivity index (χ3v) is 2.71. The quantitative estimate of drug-likeness (QED) is 0.792. The maximum Gasteiger partial charge on any atom is 0.417 e. The molecule has 6 heteroatoms. The van der Waals surface area contributed by atoms with Crippen LogP contribution in [0.4, 0.5) is 13.2 Å². The summed E-state index contributed by atoms with van der Waals surface area (Å²) in [6, 6.07) is 3.72. The molecule has 20 heavy (non-hydrogen) atoms. The molecule has 2 aromatic rings. The number of hydrogen-bond acceptors (Lipinski definition) is 3. The second-order valence-electron chi connectivity index (χ2n) is 4.39. The highest BCUT2D eigenvalue weighted by Crippen LogP contribution is 2.32. The first-order valence-electron chi connectivity index (χ1n) is 5.80. The summed E-state index contributed by atoms with van der Waals surface area (Å²) >= 11 is 0. The third-order valence-electron chi connectivity index (χ3n) is 2.71. The van der Waals surface area contributed by atoms with Crippen LogP contribution >= 0.6 is 0 Å². The van der Waals surface area contributed by atoms with Gasteiger partial charge in [-0.1, -0.05) is 0 Å². The van der Waals surface area contributed by atoms with Crippen LogP contribution < -0.4 is 0 Å². The number of carbonyl (C=O) groups excluding carboxylic acids is 1. The van der Waals surface area contributed by atoms with E-state index in [9.17, 15) is 18.0 Å². The lowest BCUT2D eigenvalue weighted by Crippen LogP contribution is -2.14. The number of ketones is 1. The minimum absolute atomic E-state index is 0.175. The van der Waals surface area contributed by atoms with E-state index in [4.69, 9.17) is 0 Å². The molecular formula is C14H11F3N2O. The monoisotopic (exact) mass is 280 g/mol. The van der Waals surface area contributed by atoms with Gasteiger partial charge in [0.15, 0.2) is 5.78 Å². The second kappa shape index (κ2) is 5.03. The number of aromatic nitrogens is 2. The molecule has 0 unspecified atom stereocenters. The van der Waals surface area contributed by atoms with Crippen molar-refractivity contribution in [1.82, 2.24) is 9.97 Å². The highest BCUT2D eigenvalue weighted by molar-refractivity contribution is 6.09. The van der Waals surface area contributed by atoms with E-state index in [1.165, 1.54) is 12.1 Å². The average molecular weight is 280 g/mol. The van der Waals surface area contributed by atoms with Crippen molar-refractivity contribution in [3.63, 3.8) is 0 Å². The SMILES string of the molecule is Cc1cc(C(=O)c2cnccc2C(F)(F)F)cc(C)n1. The highest BCUT2D eigenvalue weighted by atomic mass is 19.4. The number of pyridine rings is 2. The molecule has 0 N–H and O–H groups in total. The molecule has 2 heterocycles. The fourth-order valence-corrected chi connectivity index (χ4v) is 1.94. The number of alkyl halides is 3. The van der Waals surface area contributed by atoms with Gasteiger partial charge in [-0.25, -0.2) is 0 Å². The van der Waals surface area contributed by atoms with E-state index in [0.29, 0.717) is 11.4 Å². The van der Waals surface area contributed by atoms with Gasteiger partial charge in [-0.15, -0.1) is 0 Å². The predicted octanol–water partition coefficient (Wildman–Crippen LogP) is 3.34. The van der Waals surface area contributed by atoms with Crippen LogP contribution in [0.15, 0.2) is 30.6 Å². The van der Waals surface area contributed by atoms with Crippen molar-refractivity contribution in [2.75, 3.05) is 0 Å². The van der Waals surface area contributed by atoms with E-state index >= 15 is 0 Å². The lowest BCUT2D eigenvalue weighted by Gasteiger charge is -2.11. The summed E-state index contributed by atoms with van der Waals surface area (Å²) in [7, 11) is 0. The number of carbonyl (C=O) groups is 1. The molecule has 0 aromatic carbocycles. The summed E-state index contributed by atoms with van der Waals surface area (Å²) < 4.78 is 38.7. The van der Waals surface area contributed by atoms with Gasteiger partial charge in [-0.05, 0) is 32.0 Å². The van der Waals surface area contributed by atoms with E-state index < -0.39 is 23.1 Å². The van der Waals surface area contributed by atoms with Gasteiger partial charge in [0.1, 0.15) is 0 Å². The molecule has 0 atom stereocenters. The first-order chi connectivity index (χ1) is 9.29. The number of hydrogen-bond donors (Lipinski definition) is 0.